The lowest BCUT2D eigenvalue weighted by molar-refractivity contribution is 0.112. The Kier molecular flexibility index (Phi) is 3.35. The first-order chi connectivity index (χ1) is 8.19. The number of carbonyl (C=O) groups is 1. The molecule has 86 valence electrons. The zero-order chi connectivity index (χ0) is 12.3. The van der Waals surface area contributed by atoms with E-state index in [4.69, 9.17) is 11.6 Å². The lowest BCUT2D eigenvalue weighted by Gasteiger charge is -2.08. The van der Waals surface area contributed by atoms with Gasteiger partial charge in [-0.2, -0.15) is 0 Å². The summed E-state index contributed by atoms with van der Waals surface area (Å²) < 4.78 is 0. The number of hydrogen-bond acceptors (Lipinski definition) is 4. The summed E-state index contributed by atoms with van der Waals surface area (Å²) in [4.78, 5) is 19.0. The smallest absolute Gasteiger partial charge is 0.155 e. The molecule has 0 unspecified atom stereocenters. The highest BCUT2D eigenvalue weighted by Gasteiger charge is 2.04. The molecule has 2 aromatic rings. The summed E-state index contributed by atoms with van der Waals surface area (Å²) in [5, 5.41) is 3.71. The summed E-state index contributed by atoms with van der Waals surface area (Å²) in [7, 11) is 0. The van der Waals surface area contributed by atoms with Gasteiger partial charge in [-0.3, -0.25) is 4.79 Å². The zero-order valence-corrected chi connectivity index (χ0v) is 9.90. The number of nitrogens with zero attached hydrogens (tertiary/aromatic N) is 2. The first kappa shape index (κ1) is 11.5. The number of aromatic nitrogens is 2. The van der Waals surface area contributed by atoms with Gasteiger partial charge in [0.25, 0.3) is 0 Å². The summed E-state index contributed by atoms with van der Waals surface area (Å²) in [6.07, 6.45) is 2.21. The summed E-state index contributed by atoms with van der Waals surface area (Å²) in [6, 6.07) is 7.15. The molecule has 0 saturated carbocycles. The highest BCUT2D eigenvalue weighted by molar-refractivity contribution is 6.30. The van der Waals surface area contributed by atoms with Crippen molar-refractivity contribution in [3.8, 4) is 0 Å². The number of nitrogens with one attached hydrogen (secondary N) is 1. The number of benzene rings is 1. The lowest BCUT2D eigenvalue weighted by atomic mass is 10.3. The number of hydrogen-bond donors (Lipinski definition) is 1. The van der Waals surface area contributed by atoms with Gasteiger partial charge in [-0.05, 0) is 31.2 Å². The number of carbonyl (C=O) groups excluding carboxylic acids is 1. The van der Waals surface area contributed by atoms with Crippen LogP contribution in [0.5, 0.6) is 0 Å². The number of aldehydes is 1. The van der Waals surface area contributed by atoms with E-state index in [0.29, 0.717) is 22.2 Å². The lowest BCUT2D eigenvalue weighted by Crippen LogP contribution is -2.01. The van der Waals surface area contributed by atoms with Crippen LogP contribution >= 0.6 is 11.6 Å². The minimum atomic E-state index is 0.422. The molecule has 2 rings (SSSR count). The predicted molar refractivity (Wildman–Crippen MR) is 66.9 cm³/mol. The fraction of sp³-hybridized carbons (Fsp3) is 0.0833. The highest BCUT2D eigenvalue weighted by atomic mass is 35.5. The van der Waals surface area contributed by atoms with Crippen LogP contribution in [0.3, 0.4) is 0 Å². The van der Waals surface area contributed by atoms with E-state index in [1.165, 1.54) is 6.20 Å². The van der Waals surface area contributed by atoms with Gasteiger partial charge < -0.3 is 5.32 Å². The fourth-order valence-electron chi connectivity index (χ4n) is 1.34. The van der Waals surface area contributed by atoms with Gasteiger partial charge >= 0.3 is 0 Å². The summed E-state index contributed by atoms with van der Waals surface area (Å²) in [6.45, 7) is 1.77. The van der Waals surface area contributed by atoms with E-state index in [9.17, 15) is 4.79 Å². The Morgan fingerprint density at radius 3 is 2.65 bits per heavy atom. The van der Waals surface area contributed by atoms with Gasteiger partial charge in [-0.25, -0.2) is 9.97 Å². The number of halogens is 1. The molecule has 0 aliphatic heterocycles. The van der Waals surface area contributed by atoms with Gasteiger partial charge in [-0.15, -0.1) is 0 Å². The molecule has 0 atom stereocenters. The van der Waals surface area contributed by atoms with E-state index in [1.807, 2.05) is 12.1 Å². The van der Waals surface area contributed by atoms with Gasteiger partial charge in [-0.1, -0.05) is 11.6 Å². The van der Waals surface area contributed by atoms with E-state index in [-0.39, 0.29) is 0 Å². The van der Waals surface area contributed by atoms with Crippen molar-refractivity contribution in [1.82, 2.24) is 9.97 Å². The van der Waals surface area contributed by atoms with E-state index < -0.39 is 0 Å². The third kappa shape index (κ3) is 2.79. The summed E-state index contributed by atoms with van der Waals surface area (Å²) >= 11 is 5.79. The fourth-order valence-corrected chi connectivity index (χ4v) is 1.46. The number of aryl methyl sites for hydroxylation is 1. The minimum Gasteiger partial charge on any atom is -0.340 e. The average Bonchev–Trinajstić information content (AvgIpc) is 2.32. The second-order valence-electron chi connectivity index (χ2n) is 3.47. The van der Waals surface area contributed by atoms with Gasteiger partial charge in [0, 0.05) is 16.9 Å². The average molecular weight is 248 g/mol. The van der Waals surface area contributed by atoms with Crippen LogP contribution in [-0.2, 0) is 0 Å². The number of rotatable bonds is 3. The van der Waals surface area contributed by atoms with Crippen LogP contribution in [0.25, 0.3) is 0 Å². The molecule has 5 heteroatoms. The second-order valence-corrected chi connectivity index (χ2v) is 3.91. The monoisotopic (exact) mass is 247 g/mol. The molecule has 0 saturated heterocycles. The number of anilines is 2. The largest absolute Gasteiger partial charge is 0.340 e. The molecule has 0 radical (unpaired) electrons. The molecule has 0 aliphatic rings. The second kappa shape index (κ2) is 4.93. The maximum atomic E-state index is 10.8. The quantitative estimate of drug-likeness (QED) is 0.848. The van der Waals surface area contributed by atoms with Crippen molar-refractivity contribution in [1.29, 1.82) is 0 Å². The molecule has 0 bridgehead atoms. The van der Waals surface area contributed by atoms with Gasteiger partial charge in [0.05, 0.1) is 5.56 Å². The Balaban J connectivity index is 2.31. The molecule has 0 amide bonds. The van der Waals surface area contributed by atoms with Crippen molar-refractivity contribution in [3.63, 3.8) is 0 Å². The molecule has 1 aromatic carbocycles. The third-order valence-electron chi connectivity index (χ3n) is 2.17. The Hall–Kier alpha value is -1.94. The van der Waals surface area contributed by atoms with Gasteiger partial charge in [0.15, 0.2) is 6.29 Å². The first-order valence-electron chi connectivity index (χ1n) is 5.00. The molecular formula is C12H10ClN3O. The Morgan fingerprint density at radius 1 is 1.29 bits per heavy atom. The molecule has 4 nitrogen and oxygen atoms in total. The summed E-state index contributed by atoms with van der Waals surface area (Å²) in [5.41, 5.74) is 1.24. The maximum absolute atomic E-state index is 10.8. The maximum Gasteiger partial charge on any atom is 0.155 e. The van der Waals surface area contributed by atoms with E-state index in [2.05, 4.69) is 15.3 Å². The van der Waals surface area contributed by atoms with Crippen LogP contribution in [0.4, 0.5) is 11.5 Å². The van der Waals surface area contributed by atoms with Gasteiger partial charge in [0.1, 0.15) is 11.6 Å². The zero-order valence-electron chi connectivity index (χ0n) is 9.14. The predicted octanol–water partition coefficient (Wildman–Crippen LogP) is 2.99. The van der Waals surface area contributed by atoms with Crippen LogP contribution in [0, 0.1) is 6.92 Å². The minimum absolute atomic E-state index is 0.422. The Bertz CT molecular complexity index is 540. The molecule has 1 heterocycles. The molecule has 0 spiro atoms. The molecular weight excluding hydrogens is 238 g/mol. The van der Waals surface area contributed by atoms with E-state index >= 15 is 0 Å². The molecule has 0 fully saturated rings. The van der Waals surface area contributed by atoms with Crippen LogP contribution in [0.1, 0.15) is 16.2 Å². The topological polar surface area (TPSA) is 54.9 Å². The summed E-state index contributed by atoms with van der Waals surface area (Å²) in [5.74, 6) is 1.10. The molecule has 17 heavy (non-hydrogen) atoms. The normalized spacial score (nSPS) is 10.0. The van der Waals surface area contributed by atoms with Crippen LogP contribution in [0.15, 0.2) is 30.5 Å². The molecule has 0 aliphatic carbocycles. The molecule has 1 aromatic heterocycles. The van der Waals surface area contributed by atoms with Crippen molar-refractivity contribution in [2.24, 2.45) is 0 Å². The van der Waals surface area contributed by atoms with E-state index in [1.54, 1.807) is 19.1 Å². The third-order valence-corrected chi connectivity index (χ3v) is 2.42. The standard InChI is InChI=1S/C12H10ClN3O/c1-8-14-6-9(7-17)12(15-8)16-11-4-2-10(13)3-5-11/h2-7H,1H3,(H,14,15,16). The SMILES string of the molecule is Cc1ncc(C=O)c(Nc2ccc(Cl)cc2)n1. The van der Waals surface area contributed by atoms with Crippen molar-refractivity contribution >= 4 is 29.4 Å². The van der Waals surface area contributed by atoms with Crippen molar-refractivity contribution in [2.45, 2.75) is 6.92 Å². The van der Waals surface area contributed by atoms with Crippen LogP contribution in [0.2, 0.25) is 5.02 Å². The van der Waals surface area contributed by atoms with Crippen LogP contribution in [-0.4, -0.2) is 16.3 Å². The van der Waals surface area contributed by atoms with Crippen molar-refractivity contribution < 1.29 is 4.79 Å². The van der Waals surface area contributed by atoms with Crippen molar-refractivity contribution in [2.75, 3.05) is 5.32 Å². The van der Waals surface area contributed by atoms with Crippen molar-refractivity contribution in [3.05, 3.63) is 46.9 Å². The first-order valence-corrected chi connectivity index (χ1v) is 5.38. The Labute approximate surface area is 104 Å². The Morgan fingerprint density at radius 2 is 2.00 bits per heavy atom. The van der Waals surface area contributed by atoms with Gasteiger partial charge in [0.2, 0.25) is 0 Å². The highest BCUT2D eigenvalue weighted by Crippen LogP contribution is 2.19. The molecule has 1 N–H and O–H groups in total. The van der Waals surface area contributed by atoms with Crippen LogP contribution < -0.4 is 5.32 Å². The van der Waals surface area contributed by atoms with E-state index in [0.717, 1.165) is 12.0 Å².